The molecule has 0 fully saturated rings. The van der Waals surface area contributed by atoms with Crippen molar-refractivity contribution in [2.75, 3.05) is 10.6 Å². The first-order valence-electron chi connectivity index (χ1n) is 8.99. The zero-order valence-corrected chi connectivity index (χ0v) is 15.9. The maximum atomic E-state index is 13.3. The van der Waals surface area contributed by atoms with Crippen molar-refractivity contribution in [1.82, 2.24) is 14.8 Å². The number of aromatic nitrogens is 3. The molecule has 28 heavy (non-hydrogen) atoms. The lowest BCUT2D eigenvalue weighted by molar-refractivity contribution is -0.113. The summed E-state index contributed by atoms with van der Waals surface area (Å²) in [6.07, 6.45) is 1.44. The van der Waals surface area contributed by atoms with Gasteiger partial charge in [-0.1, -0.05) is 29.8 Å². The van der Waals surface area contributed by atoms with Gasteiger partial charge in [-0.3, -0.25) is 4.79 Å². The molecule has 1 aliphatic heterocycles. The second-order valence-electron chi connectivity index (χ2n) is 6.96. The zero-order chi connectivity index (χ0) is 19.8. The Morgan fingerprint density at radius 1 is 1.18 bits per heavy atom. The van der Waals surface area contributed by atoms with Gasteiger partial charge in [0.05, 0.1) is 5.57 Å². The summed E-state index contributed by atoms with van der Waals surface area (Å²) in [7, 11) is 0. The fourth-order valence-electron chi connectivity index (χ4n) is 3.53. The van der Waals surface area contributed by atoms with Gasteiger partial charge < -0.3 is 15.7 Å². The Kier molecular flexibility index (Phi) is 4.35. The largest absolute Gasteiger partial charge is 0.508 e. The first-order valence-corrected chi connectivity index (χ1v) is 8.99. The van der Waals surface area contributed by atoms with Crippen LogP contribution in [0.1, 0.15) is 29.7 Å². The van der Waals surface area contributed by atoms with Gasteiger partial charge in [0.25, 0.3) is 5.91 Å². The number of carbonyl (C=O) groups excluding carboxylic acids is 1. The van der Waals surface area contributed by atoms with Crippen molar-refractivity contribution in [2.45, 2.75) is 26.8 Å². The summed E-state index contributed by atoms with van der Waals surface area (Å²) in [6.45, 7) is 5.82. The van der Waals surface area contributed by atoms with Crippen molar-refractivity contribution in [2.24, 2.45) is 0 Å². The van der Waals surface area contributed by atoms with Crippen LogP contribution in [0.4, 0.5) is 11.6 Å². The molecule has 0 unspecified atom stereocenters. The number of nitrogens with one attached hydrogen (secondary N) is 2. The number of aromatic hydroxyl groups is 1. The molecule has 0 bridgehead atoms. The summed E-state index contributed by atoms with van der Waals surface area (Å²) in [5, 5.41) is 20.4. The minimum absolute atomic E-state index is 0.129. The van der Waals surface area contributed by atoms with Crippen LogP contribution < -0.4 is 10.6 Å². The number of anilines is 2. The molecule has 3 aromatic rings. The van der Waals surface area contributed by atoms with E-state index in [0.717, 1.165) is 22.4 Å². The summed E-state index contributed by atoms with van der Waals surface area (Å²) in [4.78, 5) is 17.5. The molecule has 7 heteroatoms. The molecule has 0 aliphatic carbocycles. The number of hydrogen-bond donors (Lipinski definition) is 3. The number of hydrogen-bond acceptors (Lipinski definition) is 5. The molecule has 2 heterocycles. The maximum Gasteiger partial charge on any atom is 0.255 e. The zero-order valence-electron chi connectivity index (χ0n) is 15.9. The van der Waals surface area contributed by atoms with Crippen LogP contribution in [0.25, 0.3) is 0 Å². The lowest BCUT2D eigenvalue weighted by Crippen LogP contribution is -2.31. The molecule has 0 radical (unpaired) electrons. The number of benzene rings is 2. The molecule has 0 saturated carbocycles. The van der Waals surface area contributed by atoms with E-state index in [9.17, 15) is 9.90 Å². The molecule has 4 rings (SSSR count). The summed E-state index contributed by atoms with van der Waals surface area (Å²) >= 11 is 0. The smallest absolute Gasteiger partial charge is 0.255 e. The van der Waals surface area contributed by atoms with Crippen molar-refractivity contribution in [3.8, 4) is 5.75 Å². The first kappa shape index (κ1) is 17.8. The van der Waals surface area contributed by atoms with E-state index in [1.165, 1.54) is 6.33 Å². The molecule has 142 valence electrons. The van der Waals surface area contributed by atoms with E-state index in [2.05, 4.69) is 20.7 Å². The minimum atomic E-state index is -0.503. The monoisotopic (exact) mass is 375 g/mol. The Morgan fingerprint density at radius 3 is 2.75 bits per heavy atom. The van der Waals surface area contributed by atoms with Crippen LogP contribution in [0, 0.1) is 13.8 Å². The summed E-state index contributed by atoms with van der Waals surface area (Å²) in [5.74, 6) is 0.449. The van der Waals surface area contributed by atoms with Crippen LogP contribution in [0.2, 0.25) is 0 Å². The first-order chi connectivity index (χ1) is 13.4. The number of phenols is 1. The molecule has 1 aromatic heterocycles. The number of amides is 1. The quantitative estimate of drug-likeness (QED) is 0.651. The van der Waals surface area contributed by atoms with E-state index in [4.69, 9.17) is 0 Å². The molecule has 1 atom stereocenters. The SMILES string of the molecule is CC1=C(C(=O)Nc2ccc(C)cc2C)[C@@H](c2cccc(O)c2)n2ncnc2N1. The summed E-state index contributed by atoms with van der Waals surface area (Å²) in [6, 6.07) is 12.2. The summed E-state index contributed by atoms with van der Waals surface area (Å²) < 4.78 is 1.65. The maximum absolute atomic E-state index is 13.3. The highest BCUT2D eigenvalue weighted by Crippen LogP contribution is 2.36. The average Bonchev–Trinajstić information content (AvgIpc) is 3.10. The van der Waals surface area contributed by atoms with Crippen LogP contribution in [-0.4, -0.2) is 25.8 Å². The Bertz CT molecular complexity index is 1100. The van der Waals surface area contributed by atoms with Crippen LogP contribution in [-0.2, 0) is 4.79 Å². The van der Waals surface area contributed by atoms with Gasteiger partial charge in [-0.05, 0) is 50.1 Å². The molecule has 2 aromatic carbocycles. The number of fused-ring (bicyclic) bond motifs is 1. The van der Waals surface area contributed by atoms with Crippen molar-refractivity contribution < 1.29 is 9.90 Å². The topological polar surface area (TPSA) is 92.1 Å². The Morgan fingerprint density at radius 2 is 2.00 bits per heavy atom. The highest BCUT2D eigenvalue weighted by molar-refractivity contribution is 6.06. The van der Waals surface area contributed by atoms with Crippen LogP contribution >= 0.6 is 0 Å². The number of nitrogens with zero attached hydrogens (tertiary/aromatic N) is 3. The van der Waals surface area contributed by atoms with E-state index in [1.807, 2.05) is 45.0 Å². The van der Waals surface area contributed by atoms with Gasteiger partial charge in [0.1, 0.15) is 18.1 Å². The van der Waals surface area contributed by atoms with Crippen LogP contribution in [0.3, 0.4) is 0 Å². The molecular formula is C21H21N5O2. The Hall–Kier alpha value is -3.61. The van der Waals surface area contributed by atoms with E-state index >= 15 is 0 Å². The molecule has 1 aliphatic rings. The number of phenolic OH excluding ortho intramolecular Hbond substituents is 1. The Balaban J connectivity index is 1.77. The van der Waals surface area contributed by atoms with E-state index in [1.54, 1.807) is 22.9 Å². The molecule has 0 saturated heterocycles. The van der Waals surface area contributed by atoms with Crippen LogP contribution in [0.5, 0.6) is 5.75 Å². The van der Waals surface area contributed by atoms with Crippen LogP contribution in [0.15, 0.2) is 60.1 Å². The second kappa shape index (κ2) is 6.84. The third-order valence-corrected chi connectivity index (χ3v) is 4.86. The minimum Gasteiger partial charge on any atom is -0.508 e. The van der Waals surface area contributed by atoms with Gasteiger partial charge in [0.2, 0.25) is 5.95 Å². The molecule has 1 amide bonds. The van der Waals surface area contributed by atoms with Crippen molar-refractivity contribution in [1.29, 1.82) is 0 Å². The van der Waals surface area contributed by atoms with Crippen molar-refractivity contribution >= 4 is 17.5 Å². The second-order valence-corrected chi connectivity index (χ2v) is 6.96. The average molecular weight is 375 g/mol. The van der Waals surface area contributed by atoms with Gasteiger partial charge in [-0.2, -0.15) is 10.1 Å². The molecular weight excluding hydrogens is 354 g/mol. The predicted molar refractivity (Wildman–Crippen MR) is 107 cm³/mol. The fourth-order valence-corrected chi connectivity index (χ4v) is 3.53. The third-order valence-electron chi connectivity index (χ3n) is 4.86. The fraction of sp³-hybridized carbons (Fsp3) is 0.190. The van der Waals surface area contributed by atoms with Gasteiger partial charge >= 0.3 is 0 Å². The third kappa shape index (κ3) is 3.11. The van der Waals surface area contributed by atoms with E-state index in [-0.39, 0.29) is 11.7 Å². The van der Waals surface area contributed by atoms with E-state index in [0.29, 0.717) is 17.2 Å². The van der Waals surface area contributed by atoms with Crippen molar-refractivity contribution in [3.63, 3.8) is 0 Å². The van der Waals surface area contributed by atoms with Gasteiger partial charge in [-0.15, -0.1) is 0 Å². The molecule has 3 N–H and O–H groups in total. The summed E-state index contributed by atoms with van der Waals surface area (Å²) in [5.41, 5.74) is 4.84. The lowest BCUT2D eigenvalue weighted by atomic mass is 9.94. The highest BCUT2D eigenvalue weighted by atomic mass is 16.3. The number of allylic oxidation sites excluding steroid dienone is 1. The number of carbonyl (C=O) groups is 1. The normalized spacial score (nSPS) is 15.8. The predicted octanol–water partition coefficient (Wildman–Crippen LogP) is 3.53. The molecule has 0 spiro atoms. The van der Waals surface area contributed by atoms with Gasteiger partial charge in [0.15, 0.2) is 0 Å². The highest BCUT2D eigenvalue weighted by Gasteiger charge is 2.33. The molecule has 7 nitrogen and oxygen atoms in total. The van der Waals surface area contributed by atoms with E-state index < -0.39 is 6.04 Å². The Labute approximate surface area is 162 Å². The standard InChI is InChI=1S/C21H21N5O2/c1-12-7-8-17(13(2)9-12)25-20(28)18-14(3)24-21-22-11-23-26(21)19(18)15-5-4-6-16(27)10-15/h4-11,19,27H,1-3H3,(H,25,28)(H,22,23,24)/t19-/m1/s1. The van der Waals surface area contributed by atoms with Crippen molar-refractivity contribution in [3.05, 3.63) is 76.8 Å². The number of aryl methyl sites for hydroxylation is 2. The van der Waals surface area contributed by atoms with Gasteiger partial charge in [-0.25, -0.2) is 4.68 Å². The van der Waals surface area contributed by atoms with Gasteiger partial charge in [0, 0.05) is 11.4 Å². The lowest BCUT2D eigenvalue weighted by Gasteiger charge is -2.29. The number of rotatable bonds is 3.